The lowest BCUT2D eigenvalue weighted by molar-refractivity contribution is -0.138. The van der Waals surface area contributed by atoms with E-state index in [0.29, 0.717) is 19.6 Å². The molecule has 0 amide bonds. The molecule has 102 valence electrons. The number of hydrogen-bond acceptors (Lipinski definition) is 3. The van der Waals surface area contributed by atoms with Gasteiger partial charge in [-0.05, 0) is 40.0 Å². The van der Waals surface area contributed by atoms with E-state index < -0.39 is 5.97 Å². The number of aliphatic carboxylic acids is 1. The van der Waals surface area contributed by atoms with E-state index in [4.69, 9.17) is 14.6 Å². The summed E-state index contributed by atoms with van der Waals surface area (Å²) < 4.78 is 11.2. The van der Waals surface area contributed by atoms with Gasteiger partial charge in [-0.2, -0.15) is 0 Å². The van der Waals surface area contributed by atoms with Gasteiger partial charge < -0.3 is 14.6 Å². The first-order valence-corrected chi connectivity index (χ1v) is 6.23. The van der Waals surface area contributed by atoms with Gasteiger partial charge in [-0.1, -0.05) is 6.92 Å². The van der Waals surface area contributed by atoms with Crippen LogP contribution in [0.1, 0.15) is 47.5 Å². The van der Waals surface area contributed by atoms with Crippen molar-refractivity contribution in [2.75, 3.05) is 13.2 Å². The third-order valence-electron chi connectivity index (χ3n) is 2.99. The fraction of sp³-hybridized carbons (Fsp3) is 0.923. The molecule has 0 aliphatic carbocycles. The third kappa shape index (κ3) is 8.16. The van der Waals surface area contributed by atoms with Crippen molar-refractivity contribution in [3.05, 3.63) is 0 Å². The van der Waals surface area contributed by atoms with E-state index in [1.807, 2.05) is 34.6 Å². The zero-order valence-corrected chi connectivity index (χ0v) is 11.7. The Morgan fingerprint density at radius 3 is 2.29 bits per heavy atom. The van der Waals surface area contributed by atoms with E-state index in [9.17, 15) is 4.79 Å². The van der Waals surface area contributed by atoms with Gasteiger partial charge in [-0.3, -0.25) is 4.79 Å². The lowest BCUT2D eigenvalue weighted by Crippen LogP contribution is -2.34. The minimum atomic E-state index is -0.754. The molecule has 0 aromatic carbocycles. The Bertz CT molecular complexity index is 223. The predicted octanol–water partition coefficient (Wildman–Crippen LogP) is 2.71. The van der Waals surface area contributed by atoms with E-state index in [1.54, 1.807) is 0 Å². The van der Waals surface area contributed by atoms with Gasteiger partial charge in [0.25, 0.3) is 0 Å². The van der Waals surface area contributed by atoms with Gasteiger partial charge in [0.2, 0.25) is 0 Å². The van der Waals surface area contributed by atoms with Crippen LogP contribution >= 0.6 is 0 Å². The van der Waals surface area contributed by atoms with Crippen LogP contribution in [-0.2, 0) is 14.3 Å². The maximum absolute atomic E-state index is 10.5. The maximum atomic E-state index is 10.5. The second kappa shape index (κ2) is 7.67. The first-order valence-electron chi connectivity index (χ1n) is 6.23. The molecule has 0 bridgehead atoms. The Labute approximate surface area is 104 Å². The van der Waals surface area contributed by atoms with Crippen molar-refractivity contribution in [3.8, 4) is 0 Å². The molecule has 0 heterocycles. The molecule has 0 spiro atoms. The number of hydrogen-bond donors (Lipinski definition) is 1. The lowest BCUT2D eigenvalue weighted by Gasteiger charge is -2.32. The Balaban J connectivity index is 3.87. The zero-order chi connectivity index (χ0) is 13.5. The summed E-state index contributed by atoms with van der Waals surface area (Å²) in [5.74, 6) is -0.548. The Morgan fingerprint density at radius 2 is 1.82 bits per heavy atom. The highest BCUT2D eigenvalue weighted by atomic mass is 16.5. The van der Waals surface area contributed by atoms with Crippen molar-refractivity contribution in [1.82, 2.24) is 0 Å². The highest BCUT2D eigenvalue weighted by Gasteiger charge is 2.26. The van der Waals surface area contributed by atoms with Crippen LogP contribution in [0.5, 0.6) is 0 Å². The molecular weight excluding hydrogens is 220 g/mol. The third-order valence-corrected chi connectivity index (χ3v) is 2.99. The van der Waals surface area contributed by atoms with Crippen LogP contribution in [0.25, 0.3) is 0 Å². The smallest absolute Gasteiger partial charge is 0.303 e. The Morgan fingerprint density at radius 1 is 1.24 bits per heavy atom. The minimum Gasteiger partial charge on any atom is -0.481 e. The van der Waals surface area contributed by atoms with Gasteiger partial charge in [0, 0.05) is 6.42 Å². The van der Waals surface area contributed by atoms with Crippen LogP contribution in [0, 0.1) is 5.92 Å². The molecule has 0 aliphatic heterocycles. The van der Waals surface area contributed by atoms with Crippen molar-refractivity contribution < 1.29 is 19.4 Å². The Hall–Kier alpha value is -0.610. The summed E-state index contributed by atoms with van der Waals surface area (Å²) in [5, 5.41) is 8.64. The van der Waals surface area contributed by atoms with Crippen molar-refractivity contribution in [1.29, 1.82) is 0 Å². The normalized spacial score (nSPS) is 14.0. The molecule has 1 unspecified atom stereocenters. The summed E-state index contributed by atoms with van der Waals surface area (Å²) in [6.45, 7) is 11.1. The van der Waals surface area contributed by atoms with E-state index in [-0.39, 0.29) is 24.0 Å². The van der Waals surface area contributed by atoms with Crippen LogP contribution in [-0.4, -0.2) is 36.0 Å². The molecule has 0 aliphatic rings. The van der Waals surface area contributed by atoms with Gasteiger partial charge >= 0.3 is 5.97 Å². The molecule has 1 N–H and O–H groups in total. The van der Waals surface area contributed by atoms with Gasteiger partial charge in [-0.15, -0.1) is 0 Å². The van der Waals surface area contributed by atoms with E-state index >= 15 is 0 Å². The summed E-state index contributed by atoms with van der Waals surface area (Å²) in [5.41, 5.74) is -0.310. The van der Waals surface area contributed by atoms with Crippen molar-refractivity contribution in [2.24, 2.45) is 5.92 Å². The maximum Gasteiger partial charge on any atom is 0.303 e. The van der Waals surface area contributed by atoms with E-state index in [0.717, 1.165) is 0 Å². The fourth-order valence-corrected chi connectivity index (χ4v) is 1.42. The van der Waals surface area contributed by atoms with Gasteiger partial charge in [-0.25, -0.2) is 0 Å². The SMILES string of the molecule is CC(C)OCCOC(C)(C)C(C)CCC(=O)O. The summed E-state index contributed by atoms with van der Waals surface area (Å²) in [7, 11) is 0. The molecule has 0 saturated carbocycles. The lowest BCUT2D eigenvalue weighted by atomic mass is 9.88. The molecule has 17 heavy (non-hydrogen) atoms. The molecular formula is C13H26O4. The average Bonchev–Trinajstić information content (AvgIpc) is 2.20. The van der Waals surface area contributed by atoms with E-state index in [1.165, 1.54) is 0 Å². The Kier molecular flexibility index (Phi) is 7.39. The highest BCUT2D eigenvalue weighted by Crippen LogP contribution is 2.25. The number of carbonyl (C=O) groups is 1. The van der Waals surface area contributed by atoms with Crippen LogP contribution in [0.15, 0.2) is 0 Å². The molecule has 0 rings (SSSR count). The molecule has 4 heteroatoms. The molecule has 0 radical (unpaired) electrons. The first kappa shape index (κ1) is 16.4. The van der Waals surface area contributed by atoms with Gasteiger partial charge in [0.1, 0.15) is 0 Å². The summed E-state index contributed by atoms with van der Waals surface area (Å²) >= 11 is 0. The largest absolute Gasteiger partial charge is 0.481 e. The van der Waals surface area contributed by atoms with Gasteiger partial charge in [0.15, 0.2) is 0 Å². The number of carboxylic acids is 1. The van der Waals surface area contributed by atoms with Gasteiger partial charge in [0.05, 0.1) is 24.9 Å². The number of rotatable bonds is 9. The predicted molar refractivity (Wildman–Crippen MR) is 67.2 cm³/mol. The van der Waals surface area contributed by atoms with Crippen LogP contribution < -0.4 is 0 Å². The summed E-state index contributed by atoms with van der Waals surface area (Å²) in [4.78, 5) is 10.5. The molecule has 0 aromatic heterocycles. The second-order valence-electron chi connectivity index (χ2n) is 5.20. The van der Waals surface area contributed by atoms with Crippen molar-refractivity contribution >= 4 is 5.97 Å². The zero-order valence-electron chi connectivity index (χ0n) is 11.7. The summed E-state index contributed by atoms with van der Waals surface area (Å²) in [6, 6.07) is 0. The standard InChI is InChI=1S/C13H26O4/c1-10(2)16-8-9-17-13(4,5)11(3)6-7-12(14)15/h10-11H,6-9H2,1-5H3,(H,14,15). The molecule has 1 atom stereocenters. The van der Waals surface area contributed by atoms with Crippen LogP contribution in [0.3, 0.4) is 0 Å². The second-order valence-corrected chi connectivity index (χ2v) is 5.20. The van der Waals surface area contributed by atoms with Crippen molar-refractivity contribution in [3.63, 3.8) is 0 Å². The molecule has 4 nitrogen and oxygen atoms in total. The van der Waals surface area contributed by atoms with Crippen LogP contribution in [0.2, 0.25) is 0 Å². The van der Waals surface area contributed by atoms with E-state index in [2.05, 4.69) is 0 Å². The number of carboxylic acid groups (broad SMARTS) is 1. The fourth-order valence-electron chi connectivity index (χ4n) is 1.42. The molecule has 0 saturated heterocycles. The average molecular weight is 246 g/mol. The monoisotopic (exact) mass is 246 g/mol. The molecule has 0 aromatic rings. The summed E-state index contributed by atoms with van der Waals surface area (Å²) in [6.07, 6.45) is 1.04. The first-order chi connectivity index (χ1) is 7.75. The highest BCUT2D eigenvalue weighted by molar-refractivity contribution is 5.66. The quantitative estimate of drug-likeness (QED) is 0.635. The topological polar surface area (TPSA) is 55.8 Å². The van der Waals surface area contributed by atoms with Crippen LogP contribution in [0.4, 0.5) is 0 Å². The molecule has 0 fully saturated rings. The minimum absolute atomic E-state index is 0.191. The van der Waals surface area contributed by atoms with Crippen molar-refractivity contribution in [2.45, 2.75) is 59.2 Å². The number of ether oxygens (including phenoxy) is 2.